The first kappa shape index (κ1) is 14.2. The molecule has 0 aromatic heterocycles. The fourth-order valence-corrected chi connectivity index (χ4v) is 3.19. The second kappa shape index (κ2) is 5.96. The van der Waals surface area contributed by atoms with Gasteiger partial charge in [-0.2, -0.15) is 0 Å². The zero-order valence-electron chi connectivity index (χ0n) is 12.2. The lowest BCUT2D eigenvalue weighted by atomic mass is 9.89. The van der Waals surface area contributed by atoms with Gasteiger partial charge in [0.2, 0.25) is 0 Å². The summed E-state index contributed by atoms with van der Waals surface area (Å²) in [5.41, 5.74) is 3.82. The first-order valence-electron chi connectivity index (χ1n) is 7.06. The molecule has 2 N–H and O–H groups in total. The molecule has 3 rings (SSSR count). The van der Waals surface area contributed by atoms with E-state index in [9.17, 15) is 0 Å². The van der Waals surface area contributed by atoms with E-state index < -0.39 is 0 Å². The molecule has 110 valence electrons. The highest BCUT2D eigenvalue weighted by atomic mass is 35.5. The minimum atomic E-state index is 0.257. The Balaban J connectivity index is 2.09. The van der Waals surface area contributed by atoms with Gasteiger partial charge in [0, 0.05) is 22.6 Å². The molecule has 0 radical (unpaired) electrons. The van der Waals surface area contributed by atoms with Crippen LogP contribution in [-0.2, 0) is 6.42 Å². The lowest BCUT2D eigenvalue weighted by Gasteiger charge is -2.25. The summed E-state index contributed by atoms with van der Waals surface area (Å²) in [5, 5.41) is 3.12. The predicted octanol–water partition coefficient (Wildman–Crippen LogP) is 2.57. The van der Waals surface area contributed by atoms with Crippen molar-refractivity contribution in [2.75, 3.05) is 20.8 Å². The maximum absolute atomic E-state index is 6.14. The Labute approximate surface area is 129 Å². The molecule has 1 atom stereocenters. The number of hydrogen-bond acceptors (Lipinski definition) is 2. The summed E-state index contributed by atoms with van der Waals surface area (Å²) in [7, 11) is 3.35. The summed E-state index contributed by atoms with van der Waals surface area (Å²) < 4.78 is 10.9. The topological polar surface area (TPSA) is 35.1 Å². The monoisotopic (exact) mass is 304 g/mol. The number of halogens is 1. The first-order chi connectivity index (χ1) is 10.2. The summed E-state index contributed by atoms with van der Waals surface area (Å²) in [6.45, 7) is 1.06. The lowest BCUT2D eigenvalue weighted by Crippen LogP contribution is -2.87. The van der Waals surface area contributed by atoms with Crippen molar-refractivity contribution in [1.29, 1.82) is 0 Å². The maximum Gasteiger partial charge on any atom is 0.161 e. The van der Waals surface area contributed by atoms with Gasteiger partial charge in [0.05, 0.1) is 20.8 Å². The predicted molar refractivity (Wildman–Crippen MR) is 83.3 cm³/mol. The molecule has 2 aromatic carbocycles. The van der Waals surface area contributed by atoms with Gasteiger partial charge in [-0.15, -0.1) is 0 Å². The van der Waals surface area contributed by atoms with E-state index in [0.717, 1.165) is 29.5 Å². The van der Waals surface area contributed by atoms with E-state index in [1.165, 1.54) is 16.7 Å². The molecule has 0 spiro atoms. The van der Waals surface area contributed by atoms with Crippen molar-refractivity contribution in [3.63, 3.8) is 0 Å². The van der Waals surface area contributed by atoms with Gasteiger partial charge in [0.25, 0.3) is 0 Å². The Bertz CT molecular complexity index is 657. The van der Waals surface area contributed by atoms with Crippen LogP contribution in [0.3, 0.4) is 0 Å². The molecule has 0 saturated heterocycles. The normalized spacial score (nSPS) is 17.2. The van der Waals surface area contributed by atoms with Crippen LogP contribution in [0.15, 0.2) is 36.4 Å². The maximum atomic E-state index is 6.14. The Morgan fingerprint density at radius 2 is 1.86 bits per heavy atom. The molecule has 0 fully saturated rings. The molecular formula is C17H19ClNO2+. The van der Waals surface area contributed by atoms with Crippen LogP contribution in [0.2, 0.25) is 5.02 Å². The number of nitrogens with two attached hydrogens (primary N) is 1. The summed E-state index contributed by atoms with van der Waals surface area (Å²) in [5.74, 6) is 1.57. The highest BCUT2D eigenvalue weighted by molar-refractivity contribution is 6.30. The zero-order chi connectivity index (χ0) is 14.8. The minimum absolute atomic E-state index is 0.257. The number of fused-ring (bicyclic) bond motifs is 1. The average molecular weight is 305 g/mol. The standard InChI is InChI=1S/C17H18ClNO2/c1-20-15-9-11-6-7-19-17(14(11)10-16(15)21-2)12-4-3-5-13(18)8-12/h3-5,8-10,17,19H,6-7H2,1-2H3/p+1/t17-/m1/s1. The van der Waals surface area contributed by atoms with Crippen LogP contribution >= 0.6 is 11.6 Å². The smallest absolute Gasteiger partial charge is 0.161 e. The highest BCUT2D eigenvalue weighted by Gasteiger charge is 2.27. The fraction of sp³-hybridized carbons (Fsp3) is 0.294. The molecule has 0 unspecified atom stereocenters. The molecule has 2 aromatic rings. The van der Waals surface area contributed by atoms with Crippen LogP contribution in [0.1, 0.15) is 22.7 Å². The number of methoxy groups -OCH3 is 2. The molecule has 4 heteroatoms. The SMILES string of the molecule is COc1cc2c(cc1OC)[C@@H](c1cccc(Cl)c1)[NH2+]CC2. The van der Waals surface area contributed by atoms with Gasteiger partial charge in [-0.05, 0) is 29.8 Å². The largest absolute Gasteiger partial charge is 0.493 e. The molecule has 1 aliphatic heterocycles. The minimum Gasteiger partial charge on any atom is -0.493 e. The Kier molecular flexibility index (Phi) is 4.04. The zero-order valence-corrected chi connectivity index (χ0v) is 13.0. The number of ether oxygens (including phenoxy) is 2. The molecule has 0 amide bonds. The van der Waals surface area contributed by atoms with Gasteiger partial charge in [0.1, 0.15) is 6.04 Å². The summed E-state index contributed by atoms with van der Waals surface area (Å²) in [4.78, 5) is 0. The Hall–Kier alpha value is -1.71. The molecule has 1 heterocycles. The highest BCUT2D eigenvalue weighted by Crippen LogP contribution is 2.35. The van der Waals surface area contributed by atoms with E-state index in [1.54, 1.807) is 14.2 Å². The van der Waals surface area contributed by atoms with Gasteiger partial charge in [0.15, 0.2) is 11.5 Å². The van der Waals surface area contributed by atoms with Crippen LogP contribution in [0.25, 0.3) is 0 Å². The van der Waals surface area contributed by atoms with E-state index in [2.05, 4.69) is 23.5 Å². The van der Waals surface area contributed by atoms with Crippen molar-refractivity contribution < 1.29 is 14.8 Å². The second-order valence-corrected chi connectivity index (χ2v) is 5.65. The summed E-state index contributed by atoms with van der Waals surface area (Å²) in [6.07, 6.45) is 1.03. The van der Waals surface area contributed by atoms with Gasteiger partial charge in [-0.1, -0.05) is 23.7 Å². The van der Waals surface area contributed by atoms with E-state index in [-0.39, 0.29) is 6.04 Å². The molecule has 21 heavy (non-hydrogen) atoms. The van der Waals surface area contributed by atoms with Crippen molar-refractivity contribution in [2.45, 2.75) is 12.5 Å². The van der Waals surface area contributed by atoms with Crippen LogP contribution in [0, 0.1) is 0 Å². The third-order valence-electron chi connectivity index (χ3n) is 4.00. The van der Waals surface area contributed by atoms with Crippen LogP contribution < -0.4 is 14.8 Å². The van der Waals surface area contributed by atoms with Crippen LogP contribution in [0.5, 0.6) is 11.5 Å². The quantitative estimate of drug-likeness (QED) is 0.946. The summed E-state index contributed by atoms with van der Waals surface area (Å²) >= 11 is 6.14. The van der Waals surface area contributed by atoms with Crippen LogP contribution in [-0.4, -0.2) is 20.8 Å². The van der Waals surface area contributed by atoms with Crippen molar-refractivity contribution >= 4 is 11.6 Å². The van der Waals surface area contributed by atoms with E-state index in [0.29, 0.717) is 0 Å². The third kappa shape index (κ3) is 2.71. The van der Waals surface area contributed by atoms with Gasteiger partial charge in [-0.3, -0.25) is 0 Å². The number of quaternary nitrogens is 1. The van der Waals surface area contributed by atoms with E-state index in [4.69, 9.17) is 21.1 Å². The lowest BCUT2D eigenvalue weighted by molar-refractivity contribution is -0.690. The molecule has 0 bridgehead atoms. The van der Waals surface area contributed by atoms with Crippen molar-refractivity contribution in [1.82, 2.24) is 0 Å². The second-order valence-electron chi connectivity index (χ2n) is 5.21. The average Bonchev–Trinajstić information content (AvgIpc) is 2.52. The van der Waals surface area contributed by atoms with Gasteiger partial charge in [-0.25, -0.2) is 0 Å². The van der Waals surface area contributed by atoms with Crippen molar-refractivity contribution in [3.05, 3.63) is 58.1 Å². The van der Waals surface area contributed by atoms with E-state index in [1.807, 2.05) is 18.2 Å². The molecule has 0 aliphatic carbocycles. The fourth-order valence-electron chi connectivity index (χ4n) is 2.99. The molecule has 3 nitrogen and oxygen atoms in total. The number of rotatable bonds is 3. The Morgan fingerprint density at radius 3 is 2.57 bits per heavy atom. The van der Waals surface area contributed by atoms with Gasteiger partial charge >= 0.3 is 0 Å². The molecular weight excluding hydrogens is 286 g/mol. The molecule has 1 aliphatic rings. The number of hydrogen-bond donors (Lipinski definition) is 1. The van der Waals surface area contributed by atoms with Crippen LogP contribution in [0.4, 0.5) is 0 Å². The summed E-state index contributed by atoms with van der Waals surface area (Å²) in [6, 6.07) is 12.5. The third-order valence-corrected chi connectivity index (χ3v) is 4.24. The molecule has 0 saturated carbocycles. The van der Waals surface area contributed by atoms with Crippen molar-refractivity contribution in [2.24, 2.45) is 0 Å². The number of benzene rings is 2. The van der Waals surface area contributed by atoms with Gasteiger partial charge < -0.3 is 14.8 Å². The van der Waals surface area contributed by atoms with E-state index >= 15 is 0 Å². The Morgan fingerprint density at radius 1 is 1.10 bits per heavy atom. The first-order valence-corrected chi connectivity index (χ1v) is 7.44. The van der Waals surface area contributed by atoms with Crippen molar-refractivity contribution in [3.8, 4) is 11.5 Å².